The molecule has 82 valence electrons. The molecule has 3 heteroatoms. The van der Waals surface area contributed by atoms with Crippen LogP contribution in [0.15, 0.2) is 40.6 Å². The zero-order valence-electron chi connectivity index (χ0n) is 9.49. The predicted octanol–water partition coefficient (Wildman–Crippen LogP) is 2.86. The zero-order valence-corrected chi connectivity index (χ0v) is 10.3. The second-order valence-electron chi connectivity index (χ2n) is 3.55. The second-order valence-corrected chi connectivity index (χ2v) is 4.81. The third-order valence-electron chi connectivity index (χ3n) is 1.81. The Kier molecular flexibility index (Phi) is 4.72. The van der Waals surface area contributed by atoms with Crippen molar-refractivity contribution < 1.29 is 4.74 Å². The molecule has 0 bridgehead atoms. The van der Waals surface area contributed by atoms with Gasteiger partial charge in [0, 0.05) is 11.4 Å². The van der Waals surface area contributed by atoms with E-state index < -0.39 is 0 Å². The van der Waals surface area contributed by atoms with Crippen LogP contribution >= 0.6 is 11.8 Å². The van der Waals surface area contributed by atoms with Crippen LogP contribution in [0.5, 0.6) is 5.75 Å². The Balaban J connectivity index is 2.53. The number of likely N-dealkylation sites (N-methyl/N-ethyl adjacent to an activating group) is 1. The lowest BCUT2D eigenvalue weighted by Gasteiger charge is -2.11. The van der Waals surface area contributed by atoms with Crippen molar-refractivity contribution in [2.45, 2.75) is 4.90 Å². The van der Waals surface area contributed by atoms with Crippen LogP contribution < -0.4 is 4.74 Å². The summed E-state index contributed by atoms with van der Waals surface area (Å²) in [7, 11) is 5.76. The minimum absolute atomic E-state index is 0.887. The first-order valence-corrected chi connectivity index (χ1v) is 5.58. The first kappa shape index (κ1) is 12.1. The lowest BCUT2D eigenvalue weighted by atomic mass is 10.3. The number of methoxy groups -OCH3 is 1. The molecule has 0 atom stereocenters. The fourth-order valence-corrected chi connectivity index (χ4v) is 2.12. The maximum absolute atomic E-state index is 5.10. The van der Waals surface area contributed by atoms with Gasteiger partial charge in [0.15, 0.2) is 0 Å². The topological polar surface area (TPSA) is 12.5 Å². The molecule has 0 aliphatic carbocycles. The molecule has 0 fully saturated rings. The van der Waals surface area contributed by atoms with Gasteiger partial charge in [-0.15, -0.1) is 0 Å². The minimum atomic E-state index is 0.887. The number of hydrogen-bond acceptors (Lipinski definition) is 3. The summed E-state index contributed by atoms with van der Waals surface area (Å²) in [5.74, 6) is 0.887. The van der Waals surface area contributed by atoms with Crippen LogP contribution in [0, 0.1) is 0 Å². The number of nitrogens with zero attached hydrogens (tertiary/aromatic N) is 1. The van der Waals surface area contributed by atoms with Gasteiger partial charge in [0.25, 0.3) is 0 Å². The van der Waals surface area contributed by atoms with Crippen LogP contribution in [0.2, 0.25) is 0 Å². The molecule has 0 amide bonds. The molecule has 0 saturated carbocycles. The highest BCUT2D eigenvalue weighted by molar-refractivity contribution is 8.03. The summed E-state index contributed by atoms with van der Waals surface area (Å²) >= 11 is 1.70. The van der Waals surface area contributed by atoms with Gasteiger partial charge in [-0.3, -0.25) is 0 Å². The Hall–Kier alpha value is -0.930. The van der Waals surface area contributed by atoms with Crippen molar-refractivity contribution in [3.63, 3.8) is 0 Å². The molecule has 1 rings (SSSR count). The minimum Gasteiger partial charge on any atom is -0.497 e. The van der Waals surface area contributed by atoms with E-state index in [9.17, 15) is 0 Å². The van der Waals surface area contributed by atoms with Gasteiger partial charge >= 0.3 is 0 Å². The van der Waals surface area contributed by atoms with E-state index in [0.29, 0.717) is 0 Å². The predicted molar refractivity (Wildman–Crippen MR) is 66.5 cm³/mol. The zero-order chi connectivity index (χ0) is 11.3. The van der Waals surface area contributed by atoms with Crippen molar-refractivity contribution in [3.8, 4) is 5.75 Å². The molecule has 15 heavy (non-hydrogen) atoms. The van der Waals surface area contributed by atoms with E-state index in [1.54, 1.807) is 18.9 Å². The summed E-state index contributed by atoms with van der Waals surface area (Å²) in [6, 6.07) is 8.02. The van der Waals surface area contributed by atoms with Crippen molar-refractivity contribution in [2.75, 3.05) is 27.7 Å². The Morgan fingerprint density at radius 3 is 2.40 bits per heavy atom. The molecule has 0 heterocycles. The van der Waals surface area contributed by atoms with E-state index in [1.165, 1.54) is 4.90 Å². The number of benzene rings is 1. The molecular formula is C12H17NOS. The van der Waals surface area contributed by atoms with Gasteiger partial charge in [-0.2, -0.15) is 0 Å². The number of hydrogen-bond donors (Lipinski definition) is 0. The molecule has 0 unspecified atom stereocenters. The average molecular weight is 223 g/mol. The molecule has 0 aliphatic heterocycles. The van der Waals surface area contributed by atoms with Crippen molar-refractivity contribution in [1.29, 1.82) is 0 Å². The quantitative estimate of drug-likeness (QED) is 0.712. The fourth-order valence-electron chi connectivity index (χ4n) is 1.20. The number of ether oxygens (including phenoxy) is 1. The Bertz CT molecular complexity index is 319. The van der Waals surface area contributed by atoms with E-state index in [1.807, 2.05) is 38.4 Å². The van der Waals surface area contributed by atoms with Crippen LogP contribution in [0.4, 0.5) is 0 Å². The summed E-state index contributed by atoms with van der Waals surface area (Å²) in [6.45, 7) is 4.92. The molecule has 0 N–H and O–H groups in total. The molecule has 2 nitrogen and oxygen atoms in total. The third kappa shape index (κ3) is 4.40. The van der Waals surface area contributed by atoms with Gasteiger partial charge in [-0.25, -0.2) is 0 Å². The Morgan fingerprint density at radius 2 is 1.93 bits per heavy atom. The largest absolute Gasteiger partial charge is 0.497 e. The van der Waals surface area contributed by atoms with Crippen LogP contribution in [0.25, 0.3) is 0 Å². The molecule has 1 aromatic carbocycles. The summed E-state index contributed by atoms with van der Waals surface area (Å²) in [5.41, 5.74) is 0. The van der Waals surface area contributed by atoms with E-state index in [0.717, 1.165) is 17.2 Å². The Morgan fingerprint density at radius 1 is 1.33 bits per heavy atom. The number of thioether (sulfide) groups is 1. The van der Waals surface area contributed by atoms with E-state index in [2.05, 4.69) is 11.5 Å². The van der Waals surface area contributed by atoms with Crippen LogP contribution in [-0.4, -0.2) is 32.6 Å². The lowest BCUT2D eigenvalue weighted by molar-refractivity contribution is 0.414. The molecule has 1 aromatic rings. The molecule has 0 aliphatic rings. The molecule has 0 radical (unpaired) electrons. The van der Waals surface area contributed by atoms with Crippen molar-refractivity contribution in [2.24, 2.45) is 0 Å². The van der Waals surface area contributed by atoms with Crippen molar-refractivity contribution in [3.05, 3.63) is 35.7 Å². The van der Waals surface area contributed by atoms with Gasteiger partial charge < -0.3 is 9.64 Å². The molecule has 0 spiro atoms. The van der Waals surface area contributed by atoms with Crippen LogP contribution in [0.3, 0.4) is 0 Å². The van der Waals surface area contributed by atoms with Crippen molar-refractivity contribution >= 4 is 11.8 Å². The first-order valence-electron chi connectivity index (χ1n) is 4.76. The van der Waals surface area contributed by atoms with E-state index in [4.69, 9.17) is 4.74 Å². The summed E-state index contributed by atoms with van der Waals surface area (Å²) in [4.78, 5) is 4.45. The lowest BCUT2D eigenvalue weighted by Crippen LogP contribution is -2.13. The first-order chi connectivity index (χ1) is 7.11. The summed E-state index contributed by atoms with van der Waals surface area (Å²) < 4.78 is 5.10. The summed E-state index contributed by atoms with van der Waals surface area (Å²) in [5, 5.41) is 0. The summed E-state index contributed by atoms with van der Waals surface area (Å²) in [6.07, 6.45) is 0. The average Bonchev–Trinajstić information content (AvgIpc) is 2.17. The normalized spacial score (nSPS) is 10.4. The monoisotopic (exact) mass is 223 g/mol. The highest BCUT2D eigenvalue weighted by Gasteiger charge is 2.00. The maximum Gasteiger partial charge on any atom is 0.118 e. The van der Waals surface area contributed by atoms with Gasteiger partial charge in [0.2, 0.25) is 0 Å². The SMILES string of the molecule is C=C(CN(C)C)Sc1ccc(OC)cc1. The molecular weight excluding hydrogens is 206 g/mol. The van der Waals surface area contributed by atoms with E-state index in [-0.39, 0.29) is 0 Å². The van der Waals surface area contributed by atoms with E-state index >= 15 is 0 Å². The maximum atomic E-state index is 5.10. The fraction of sp³-hybridized carbons (Fsp3) is 0.333. The van der Waals surface area contributed by atoms with Crippen LogP contribution in [-0.2, 0) is 0 Å². The number of rotatable bonds is 5. The Labute approximate surface area is 95.9 Å². The van der Waals surface area contributed by atoms with Gasteiger partial charge in [0.1, 0.15) is 5.75 Å². The third-order valence-corrected chi connectivity index (χ3v) is 2.74. The highest BCUT2D eigenvalue weighted by Crippen LogP contribution is 2.27. The van der Waals surface area contributed by atoms with Crippen LogP contribution in [0.1, 0.15) is 0 Å². The highest BCUT2D eigenvalue weighted by atomic mass is 32.2. The van der Waals surface area contributed by atoms with Crippen molar-refractivity contribution in [1.82, 2.24) is 4.90 Å². The van der Waals surface area contributed by atoms with Gasteiger partial charge in [0.05, 0.1) is 7.11 Å². The van der Waals surface area contributed by atoms with Gasteiger partial charge in [-0.1, -0.05) is 18.3 Å². The smallest absolute Gasteiger partial charge is 0.118 e. The molecule has 0 saturated heterocycles. The molecule has 0 aromatic heterocycles. The van der Waals surface area contributed by atoms with Gasteiger partial charge in [-0.05, 0) is 43.3 Å². The standard InChI is InChI=1S/C12H17NOS/c1-10(9-13(2)3)15-12-7-5-11(14-4)6-8-12/h5-8H,1,9H2,2-4H3. The second kappa shape index (κ2) is 5.83.